The van der Waals surface area contributed by atoms with Gasteiger partial charge >= 0.3 is 0 Å². The van der Waals surface area contributed by atoms with E-state index in [1.54, 1.807) is 12.1 Å². The molecule has 0 bridgehead atoms. The van der Waals surface area contributed by atoms with Gasteiger partial charge in [-0.05, 0) is 17.7 Å². The van der Waals surface area contributed by atoms with Crippen LogP contribution in [0.25, 0.3) is 4.48 Å². The molecule has 1 aromatic carbocycles. The lowest BCUT2D eigenvalue weighted by Crippen LogP contribution is -2.17. The molecular formula is C13H11BrN4O. The molecule has 2 N–H and O–H groups in total. The molecule has 96 valence electrons. The Morgan fingerprint density at radius 3 is 2.79 bits per heavy atom. The third-order valence-electron chi connectivity index (χ3n) is 2.26. The van der Waals surface area contributed by atoms with Crippen LogP contribution in [0.5, 0.6) is 0 Å². The molecular weight excluding hydrogens is 308 g/mol. The van der Waals surface area contributed by atoms with Crippen LogP contribution in [0.3, 0.4) is 0 Å². The Morgan fingerprint density at radius 1 is 1.32 bits per heavy atom. The summed E-state index contributed by atoms with van der Waals surface area (Å²) in [5.41, 5.74) is 3.79. The minimum atomic E-state index is -0.335. The number of aromatic nitrogens is 2. The summed E-state index contributed by atoms with van der Waals surface area (Å²) in [6.07, 6.45) is 4.76. The van der Waals surface area contributed by atoms with Gasteiger partial charge in [-0.15, -0.1) is 0 Å². The second-order valence-electron chi connectivity index (χ2n) is 3.57. The molecule has 0 atom stereocenters. The zero-order valence-corrected chi connectivity index (χ0v) is 11.5. The van der Waals surface area contributed by atoms with E-state index in [-0.39, 0.29) is 5.91 Å². The van der Waals surface area contributed by atoms with E-state index in [0.717, 1.165) is 10.0 Å². The summed E-state index contributed by atoms with van der Waals surface area (Å²) in [6.45, 7) is 0. The number of nitrogens with zero attached hydrogens (tertiary/aromatic N) is 2. The molecule has 5 nitrogen and oxygen atoms in total. The maximum atomic E-state index is 11.5. The number of benzene rings is 1. The van der Waals surface area contributed by atoms with Gasteiger partial charge in [0.1, 0.15) is 5.69 Å². The van der Waals surface area contributed by atoms with Crippen LogP contribution < -0.4 is 5.43 Å². The largest absolute Gasteiger partial charge is 0.289 e. The quantitative estimate of drug-likeness (QED) is 0.672. The molecule has 1 aromatic heterocycles. The Labute approximate surface area is 118 Å². The zero-order chi connectivity index (χ0) is 13.5. The predicted molar refractivity (Wildman–Crippen MR) is 77.9 cm³/mol. The Morgan fingerprint density at radius 2 is 2.11 bits per heavy atom. The predicted octanol–water partition coefficient (Wildman–Crippen LogP) is 2.56. The third kappa shape index (κ3) is 3.89. The number of rotatable bonds is 4. The molecule has 0 unspecified atom stereocenters. The van der Waals surface area contributed by atoms with Gasteiger partial charge in [0.2, 0.25) is 0 Å². The molecule has 0 aliphatic carbocycles. The van der Waals surface area contributed by atoms with Crippen LogP contribution in [0.15, 0.2) is 53.8 Å². The standard InChI is InChI=1S/C13H11BrN4O/c14-11(10-4-2-1-3-5-10)6-8-16-18-13(19)12-7-9-15-17-12/h1-9H,(H,15,17)(H,18,19)/b11-6-,16-8-. The van der Waals surface area contributed by atoms with E-state index in [4.69, 9.17) is 0 Å². The number of hydrogen-bond donors (Lipinski definition) is 2. The van der Waals surface area contributed by atoms with Crippen molar-refractivity contribution in [3.63, 3.8) is 0 Å². The molecule has 6 heteroatoms. The van der Waals surface area contributed by atoms with E-state index in [1.165, 1.54) is 12.4 Å². The van der Waals surface area contributed by atoms with Crippen molar-refractivity contribution in [2.75, 3.05) is 0 Å². The van der Waals surface area contributed by atoms with Gasteiger partial charge in [-0.3, -0.25) is 9.89 Å². The lowest BCUT2D eigenvalue weighted by atomic mass is 10.2. The second-order valence-corrected chi connectivity index (χ2v) is 4.42. The molecule has 2 rings (SSSR count). The van der Waals surface area contributed by atoms with Crippen molar-refractivity contribution in [2.45, 2.75) is 0 Å². The molecule has 0 spiro atoms. The average Bonchev–Trinajstić information content (AvgIpc) is 2.98. The average molecular weight is 319 g/mol. The molecule has 0 aliphatic rings. The molecule has 0 aliphatic heterocycles. The smallest absolute Gasteiger partial charge is 0.273 e. The number of hydrogen-bond acceptors (Lipinski definition) is 3. The van der Waals surface area contributed by atoms with Crippen molar-refractivity contribution in [1.29, 1.82) is 0 Å². The fourth-order valence-corrected chi connectivity index (χ4v) is 1.72. The fraction of sp³-hybridized carbons (Fsp3) is 0. The number of halogens is 1. The van der Waals surface area contributed by atoms with Gasteiger partial charge in [0.15, 0.2) is 0 Å². The van der Waals surface area contributed by atoms with Crippen molar-refractivity contribution in [3.8, 4) is 0 Å². The van der Waals surface area contributed by atoms with Gasteiger partial charge in [0.05, 0.1) is 0 Å². The van der Waals surface area contributed by atoms with E-state index in [2.05, 4.69) is 36.7 Å². The van der Waals surface area contributed by atoms with Gasteiger partial charge in [0, 0.05) is 16.9 Å². The summed E-state index contributed by atoms with van der Waals surface area (Å²) in [6, 6.07) is 11.3. The SMILES string of the molecule is O=C(N/N=C\C=C(/Br)c1ccccc1)c1ccn[nH]1. The van der Waals surface area contributed by atoms with Crippen molar-refractivity contribution in [1.82, 2.24) is 15.6 Å². The summed E-state index contributed by atoms with van der Waals surface area (Å²) in [5.74, 6) is -0.335. The number of carbonyl (C=O) groups excluding carboxylic acids is 1. The van der Waals surface area contributed by atoms with E-state index in [0.29, 0.717) is 5.69 Å². The highest BCUT2D eigenvalue weighted by molar-refractivity contribution is 9.15. The van der Waals surface area contributed by atoms with Gasteiger partial charge in [-0.2, -0.15) is 10.2 Å². The van der Waals surface area contributed by atoms with Crippen molar-refractivity contribution >= 4 is 32.5 Å². The Hall–Kier alpha value is -2.21. The number of amides is 1. The highest BCUT2D eigenvalue weighted by Gasteiger charge is 2.03. The van der Waals surface area contributed by atoms with Crippen LogP contribution in [0.2, 0.25) is 0 Å². The van der Waals surface area contributed by atoms with Gasteiger partial charge < -0.3 is 0 Å². The summed E-state index contributed by atoms with van der Waals surface area (Å²) >= 11 is 3.43. The first-order valence-corrected chi connectivity index (χ1v) is 6.30. The normalized spacial score (nSPS) is 11.7. The third-order valence-corrected chi connectivity index (χ3v) is 2.98. The Bertz CT molecular complexity index is 590. The second kappa shape index (κ2) is 6.65. The van der Waals surface area contributed by atoms with Crippen LogP contribution in [0, 0.1) is 0 Å². The first kappa shape index (κ1) is 13.2. The van der Waals surface area contributed by atoms with E-state index >= 15 is 0 Å². The number of allylic oxidation sites excluding steroid dienone is 1. The van der Waals surface area contributed by atoms with Crippen molar-refractivity contribution in [3.05, 3.63) is 59.9 Å². The molecule has 0 saturated carbocycles. The Kier molecular flexibility index (Phi) is 4.63. The van der Waals surface area contributed by atoms with Crippen molar-refractivity contribution < 1.29 is 4.79 Å². The molecule has 0 fully saturated rings. The minimum Gasteiger partial charge on any atom is -0.273 e. The minimum absolute atomic E-state index is 0.335. The van der Waals surface area contributed by atoms with Gasteiger partial charge in [0.25, 0.3) is 5.91 Å². The first-order chi connectivity index (χ1) is 9.27. The van der Waals surface area contributed by atoms with Crippen LogP contribution in [0.1, 0.15) is 16.1 Å². The molecule has 19 heavy (non-hydrogen) atoms. The maximum Gasteiger partial charge on any atom is 0.289 e. The number of H-pyrrole nitrogens is 1. The summed E-state index contributed by atoms with van der Waals surface area (Å²) in [7, 11) is 0. The molecule has 2 aromatic rings. The summed E-state index contributed by atoms with van der Waals surface area (Å²) in [4.78, 5) is 11.5. The molecule has 0 saturated heterocycles. The fourth-order valence-electron chi connectivity index (χ4n) is 1.33. The first-order valence-electron chi connectivity index (χ1n) is 5.51. The number of carbonyl (C=O) groups is 1. The lowest BCUT2D eigenvalue weighted by Gasteiger charge is -1.97. The van der Waals surface area contributed by atoms with Crippen molar-refractivity contribution in [2.24, 2.45) is 5.10 Å². The topological polar surface area (TPSA) is 70.1 Å². The number of hydrazone groups is 1. The Balaban J connectivity index is 1.91. The molecule has 0 radical (unpaired) electrons. The van der Waals surface area contributed by atoms with Gasteiger partial charge in [-0.25, -0.2) is 5.43 Å². The highest BCUT2D eigenvalue weighted by Crippen LogP contribution is 2.19. The number of nitrogens with one attached hydrogen (secondary N) is 2. The van der Waals surface area contributed by atoms with Crippen LogP contribution in [0.4, 0.5) is 0 Å². The highest BCUT2D eigenvalue weighted by atomic mass is 79.9. The summed E-state index contributed by atoms with van der Waals surface area (Å²) in [5, 5.41) is 10.0. The molecule has 1 heterocycles. The van der Waals surface area contributed by atoms with E-state index in [9.17, 15) is 4.79 Å². The van der Waals surface area contributed by atoms with Crippen LogP contribution in [-0.2, 0) is 0 Å². The lowest BCUT2D eigenvalue weighted by molar-refractivity contribution is 0.0950. The van der Waals surface area contributed by atoms with Crippen LogP contribution in [-0.4, -0.2) is 22.3 Å². The number of aromatic amines is 1. The van der Waals surface area contributed by atoms with Gasteiger partial charge in [-0.1, -0.05) is 46.3 Å². The summed E-state index contributed by atoms with van der Waals surface area (Å²) < 4.78 is 0.882. The monoisotopic (exact) mass is 318 g/mol. The van der Waals surface area contributed by atoms with E-state index < -0.39 is 0 Å². The maximum absolute atomic E-state index is 11.5. The van der Waals surface area contributed by atoms with Crippen LogP contribution >= 0.6 is 15.9 Å². The van der Waals surface area contributed by atoms with E-state index in [1.807, 2.05) is 30.3 Å². The zero-order valence-electron chi connectivity index (χ0n) is 9.88. The molecule has 1 amide bonds.